The van der Waals surface area contributed by atoms with Crippen LogP contribution in [0.1, 0.15) is 46.5 Å². The van der Waals surface area contributed by atoms with Crippen molar-refractivity contribution in [1.82, 2.24) is 0 Å². The van der Waals surface area contributed by atoms with Crippen LogP contribution in [-0.4, -0.2) is 16.0 Å². The van der Waals surface area contributed by atoms with E-state index in [1.165, 1.54) is 12.8 Å². The van der Waals surface area contributed by atoms with Crippen LogP contribution in [0.5, 0.6) is 0 Å². The first-order valence-electron chi connectivity index (χ1n) is 8.15. The SMILES string of the molecule is CCC(C)(C)C1CCC(CN)C(S(=O)c2ccccc2)C1. The number of nitrogens with two attached hydrogens (primary N) is 1. The minimum atomic E-state index is -0.937. The summed E-state index contributed by atoms with van der Waals surface area (Å²) in [6.45, 7) is 7.62. The first kappa shape index (κ1) is 16.7. The van der Waals surface area contributed by atoms with E-state index in [1.807, 2.05) is 30.3 Å². The molecule has 0 aliphatic heterocycles. The van der Waals surface area contributed by atoms with Crippen LogP contribution in [-0.2, 0) is 10.8 Å². The average Bonchev–Trinajstić information content (AvgIpc) is 2.54. The van der Waals surface area contributed by atoms with Crippen LogP contribution in [0.4, 0.5) is 0 Å². The fourth-order valence-electron chi connectivity index (χ4n) is 3.45. The molecule has 1 aromatic rings. The fraction of sp³-hybridized carbons (Fsp3) is 0.667. The molecule has 0 spiro atoms. The van der Waals surface area contributed by atoms with E-state index in [-0.39, 0.29) is 5.25 Å². The summed E-state index contributed by atoms with van der Waals surface area (Å²) in [6.07, 6.45) is 4.57. The maximum atomic E-state index is 13.0. The lowest BCUT2D eigenvalue weighted by Crippen LogP contribution is -2.41. The Hall–Kier alpha value is -0.670. The van der Waals surface area contributed by atoms with Gasteiger partial charge in [0, 0.05) is 10.1 Å². The van der Waals surface area contributed by atoms with Gasteiger partial charge in [-0.2, -0.15) is 0 Å². The normalized spacial score (nSPS) is 28.3. The molecule has 0 heterocycles. The van der Waals surface area contributed by atoms with E-state index >= 15 is 0 Å². The molecule has 21 heavy (non-hydrogen) atoms. The molecule has 4 unspecified atom stereocenters. The van der Waals surface area contributed by atoms with Crippen LogP contribution in [0.15, 0.2) is 35.2 Å². The minimum Gasteiger partial charge on any atom is -0.330 e. The van der Waals surface area contributed by atoms with Crippen molar-refractivity contribution in [3.63, 3.8) is 0 Å². The van der Waals surface area contributed by atoms with Gasteiger partial charge in [0.25, 0.3) is 0 Å². The van der Waals surface area contributed by atoms with Gasteiger partial charge in [0.1, 0.15) is 0 Å². The predicted octanol–water partition coefficient (Wildman–Crippen LogP) is 3.97. The highest BCUT2D eigenvalue weighted by Gasteiger charge is 2.39. The van der Waals surface area contributed by atoms with Gasteiger partial charge in [-0.05, 0) is 55.2 Å². The molecule has 2 N–H and O–H groups in total. The molecule has 1 aliphatic rings. The van der Waals surface area contributed by atoms with Gasteiger partial charge in [-0.25, -0.2) is 0 Å². The molecular formula is C18H29NOS. The van der Waals surface area contributed by atoms with E-state index in [0.717, 1.165) is 17.7 Å². The van der Waals surface area contributed by atoms with Gasteiger partial charge >= 0.3 is 0 Å². The Kier molecular flexibility index (Phi) is 5.61. The number of rotatable bonds is 5. The molecule has 3 heteroatoms. The quantitative estimate of drug-likeness (QED) is 0.894. The number of hydrogen-bond donors (Lipinski definition) is 1. The molecule has 1 aromatic carbocycles. The minimum absolute atomic E-state index is 0.210. The lowest BCUT2D eigenvalue weighted by molar-refractivity contribution is 0.133. The van der Waals surface area contributed by atoms with Crippen molar-refractivity contribution in [2.45, 2.75) is 56.6 Å². The fourth-order valence-corrected chi connectivity index (χ4v) is 5.23. The van der Waals surface area contributed by atoms with Gasteiger partial charge in [0.15, 0.2) is 0 Å². The molecule has 0 aromatic heterocycles. The van der Waals surface area contributed by atoms with Crippen LogP contribution >= 0.6 is 0 Å². The van der Waals surface area contributed by atoms with Gasteiger partial charge in [-0.3, -0.25) is 4.21 Å². The Balaban J connectivity index is 2.19. The molecule has 0 bridgehead atoms. The van der Waals surface area contributed by atoms with Gasteiger partial charge < -0.3 is 5.73 Å². The van der Waals surface area contributed by atoms with Gasteiger partial charge in [-0.1, -0.05) is 45.4 Å². The van der Waals surface area contributed by atoms with Crippen LogP contribution in [0.25, 0.3) is 0 Å². The Bertz CT molecular complexity index is 471. The van der Waals surface area contributed by atoms with Gasteiger partial charge in [0.2, 0.25) is 0 Å². The Morgan fingerprint density at radius 2 is 1.90 bits per heavy atom. The number of benzene rings is 1. The van der Waals surface area contributed by atoms with Crippen LogP contribution < -0.4 is 5.73 Å². The van der Waals surface area contributed by atoms with Crippen LogP contribution in [0, 0.1) is 17.3 Å². The third-order valence-corrected chi connectivity index (χ3v) is 7.36. The molecule has 4 atom stereocenters. The maximum absolute atomic E-state index is 13.0. The molecule has 2 rings (SSSR count). The van der Waals surface area contributed by atoms with E-state index in [2.05, 4.69) is 20.8 Å². The molecular weight excluding hydrogens is 278 g/mol. The highest BCUT2D eigenvalue weighted by atomic mass is 32.2. The predicted molar refractivity (Wildman–Crippen MR) is 90.6 cm³/mol. The van der Waals surface area contributed by atoms with E-state index in [4.69, 9.17) is 5.73 Å². The topological polar surface area (TPSA) is 43.1 Å². The lowest BCUT2D eigenvalue weighted by atomic mass is 9.67. The average molecular weight is 308 g/mol. The summed E-state index contributed by atoms with van der Waals surface area (Å²) in [5.41, 5.74) is 6.29. The van der Waals surface area contributed by atoms with E-state index in [1.54, 1.807) is 0 Å². The van der Waals surface area contributed by atoms with Gasteiger partial charge in [-0.15, -0.1) is 0 Å². The zero-order chi connectivity index (χ0) is 15.5. The van der Waals surface area contributed by atoms with Crippen molar-refractivity contribution in [1.29, 1.82) is 0 Å². The maximum Gasteiger partial charge on any atom is 0.0564 e. The summed E-state index contributed by atoms with van der Waals surface area (Å²) in [4.78, 5) is 0.955. The second-order valence-electron chi connectivity index (χ2n) is 7.00. The standard InChI is InChI=1S/C18H29NOS/c1-4-18(2,3)15-11-10-14(13-19)17(12-15)21(20)16-8-6-5-7-9-16/h5-9,14-15,17H,4,10-13,19H2,1-3H3. The molecule has 1 saturated carbocycles. The number of hydrogen-bond acceptors (Lipinski definition) is 2. The second kappa shape index (κ2) is 7.06. The third-order valence-electron chi connectivity index (χ3n) is 5.50. The molecule has 1 fully saturated rings. The molecule has 0 saturated heterocycles. The van der Waals surface area contributed by atoms with E-state index in [0.29, 0.717) is 23.8 Å². The lowest BCUT2D eigenvalue weighted by Gasteiger charge is -2.42. The van der Waals surface area contributed by atoms with Crippen molar-refractivity contribution in [2.24, 2.45) is 23.0 Å². The largest absolute Gasteiger partial charge is 0.330 e. The Morgan fingerprint density at radius 3 is 2.48 bits per heavy atom. The Labute approximate surface area is 132 Å². The molecule has 118 valence electrons. The first-order valence-corrected chi connectivity index (χ1v) is 9.36. The smallest absolute Gasteiger partial charge is 0.0564 e. The first-order chi connectivity index (χ1) is 9.99. The molecule has 1 aliphatic carbocycles. The summed E-state index contributed by atoms with van der Waals surface area (Å²) < 4.78 is 13.0. The van der Waals surface area contributed by atoms with Crippen molar-refractivity contribution in [3.8, 4) is 0 Å². The monoisotopic (exact) mass is 307 g/mol. The van der Waals surface area contributed by atoms with E-state index < -0.39 is 10.8 Å². The second-order valence-corrected chi connectivity index (χ2v) is 8.67. The van der Waals surface area contributed by atoms with E-state index in [9.17, 15) is 4.21 Å². The van der Waals surface area contributed by atoms with Gasteiger partial charge in [0.05, 0.1) is 10.8 Å². The summed E-state index contributed by atoms with van der Waals surface area (Å²) in [7, 11) is -0.937. The summed E-state index contributed by atoms with van der Waals surface area (Å²) >= 11 is 0. The molecule has 0 radical (unpaired) electrons. The van der Waals surface area contributed by atoms with Crippen LogP contribution in [0.3, 0.4) is 0 Å². The highest BCUT2D eigenvalue weighted by Crippen LogP contribution is 2.44. The Morgan fingerprint density at radius 1 is 1.24 bits per heavy atom. The van der Waals surface area contributed by atoms with Crippen LogP contribution in [0.2, 0.25) is 0 Å². The zero-order valence-corrected chi connectivity index (χ0v) is 14.4. The highest BCUT2D eigenvalue weighted by molar-refractivity contribution is 7.85. The van der Waals surface area contributed by atoms with Crippen molar-refractivity contribution in [2.75, 3.05) is 6.54 Å². The summed E-state index contributed by atoms with van der Waals surface area (Å²) in [5.74, 6) is 1.05. The van der Waals surface area contributed by atoms with Crippen molar-refractivity contribution >= 4 is 10.8 Å². The summed E-state index contributed by atoms with van der Waals surface area (Å²) in [5, 5.41) is 0.210. The molecule has 2 nitrogen and oxygen atoms in total. The van der Waals surface area contributed by atoms with Crippen molar-refractivity contribution < 1.29 is 4.21 Å². The molecule has 0 amide bonds. The summed E-state index contributed by atoms with van der Waals surface area (Å²) in [6, 6.07) is 9.89. The zero-order valence-electron chi connectivity index (χ0n) is 13.5. The van der Waals surface area contributed by atoms with Crippen molar-refractivity contribution in [3.05, 3.63) is 30.3 Å². The third kappa shape index (κ3) is 3.75.